The largest absolute Gasteiger partial charge is 0.394 e. The molecule has 0 aromatic rings. The molecule has 3 aliphatic rings. The van der Waals surface area contributed by atoms with E-state index in [0.717, 1.165) is 6.61 Å². The molecule has 3 heterocycles. The van der Waals surface area contributed by atoms with Crippen molar-refractivity contribution >= 4 is 0 Å². The predicted octanol–water partition coefficient (Wildman–Crippen LogP) is -4.99. The van der Waals surface area contributed by atoms with E-state index in [-0.39, 0.29) is 0 Å². The third-order valence-electron chi connectivity index (χ3n) is 4.57. The van der Waals surface area contributed by atoms with E-state index in [1.165, 1.54) is 0 Å². The zero-order valence-corrected chi connectivity index (χ0v) is 14.7. The fourth-order valence-corrected chi connectivity index (χ4v) is 2.73. The molecule has 0 spiro atoms. The Morgan fingerprint density at radius 2 is 1.44 bits per heavy atom. The van der Waals surface area contributed by atoms with E-state index < -0.39 is 74.6 Å². The maximum absolute atomic E-state index is 10.00. The molecule has 0 saturated carbocycles. The van der Waals surface area contributed by atoms with Crippen LogP contribution >= 0.6 is 0 Å². The first-order valence-corrected chi connectivity index (χ1v) is 8.56. The number of ether oxygens (including phenoxy) is 4. The monoisotopic (exact) mass is 400 g/mol. The maximum atomic E-state index is 10.00. The van der Waals surface area contributed by atoms with E-state index in [0.29, 0.717) is 6.10 Å². The number of hydrogen-bond acceptors (Lipinski definition) is 12. The lowest BCUT2D eigenvalue weighted by Gasteiger charge is -2.43. The molecule has 0 aromatic heterocycles. The molecule has 0 radical (unpaired) electrons. The van der Waals surface area contributed by atoms with Crippen molar-refractivity contribution in [3.8, 4) is 0 Å². The molecule has 8 N–H and O–H groups in total. The Morgan fingerprint density at radius 3 is 1.85 bits per heavy atom. The van der Waals surface area contributed by atoms with Gasteiger partial charge in [0.2, 0.25) is 5.79 Å². The number of rotatable bonds is 5. The molecule has 0 amide bonds. The van der Waals surface area contributed by atoms with Crippen molar-refractivity contribution in [2.45, 2.75) is 67.8 Å². The normalized spacial score (nSPS) is 49.4. The van der Waals surface area contributed by atoms with Crippen LogP contribution in [0.15, 0.2) is 0 Å². The summed E-state index contributed by atoms with van der Waals surface area (Å²) in [6.07, 6.45) is -12.1. The summed E-state index contributed by atoms with van der Waals surface area (Å²) in [4.78, 5) is 0. The number of aliphatic hydroxyl groups excluding tert-OH is 8. The summed E-state index contributed by atoms with van der Waals surface area (Å²) in [5, 5.41) is 76.7. The van der Waals surface area contributed by atoms with Crippen molar-refractivity contribution in [3.05, 3.63) is 0 Å². The van der Waals surface area contributed by atoms with Crippen LogP contribution in [0, 0.1) is 0 Å². The van der Waals surface area contributed by atoms with Gasteiger partial charge in [0.25, 0.3) is 0 Å². The molecule has 27 heavy (non-hydrogen) atoms. The quantitative estimate of drug-likeness (QED) is 0.204. The zero-order chi connectivity index (χ0) is 20.4. The number of epoxide rings is 1. The minimum Gasteiger partial charge on any atom is -0.394 e. The second kappa shape index (κ2) is 9.35. The van der Waals surface area contributed by atoms with Crippen LogP contribution in [0.2, 0.25) is 0 Å². The van der Waals surface area contributed by atoms with Gasteiger partial charge in [0.05, 0.1) is 25.9 Å². The van der Waals surface area contributed by atoms with Gasteiger partial charge in [-0.2, -0.15) is 0 Å². The Bertz CT molecular complexity index is 460. The van der Waals surface area contributed by atoms with Crippen LogP contribution < -0.4 is 0 Å². The Balaban J connectivity index is 0.000000576. The van der Waals surface area contributed by atoms with Gasteiger partial charge in [-0.15, -0.1) is 0 Å². The van der Waals surface area contributed by atoms with E-state index >= 15 is 0 Å². The van der Waals surface area contributed by atoms with E-state index in [2.05, 4.69) is 6.92 Å². The van der Waals surface area contributed by atoms with Crippen LogP contribution in [0.25, 0.3) is 0 Å². The molecule has 3 rings (SSSR count). The summed E-state index contributed by atoms with van der Waals surface area (Å²) < 4.78 is 20.2. The molecule has 1 unspecified atom stereocenters. The maximum Gasteiger partial charge on any atom is 0.224 e. The predicted molar refractivity (Wildman–Crippen MR) is 84.1 cm³/mol. The van der Waals surface area contributed by atoms with Gasteiger partial charge in [-0.1, -0.05) is 0 Å². The van der Waals surface area contributed by atoms with Crippen LogP contribution in [0.3, 0.4) is 0 Å². The summed E-state index contributed by atoms with van der Waals surface area (Å²) in [5.74, 6) is -2.22. The fourth-order valence-electron chi connectivity index (χ4n) is 2.73. The topological polar surface area (TPSA) is 202 Å². The second-order valence-electron chi connectivity index (χ2n) is 6.70. The standard InChI is InChI=1S/C12H22O11.C3H6O/c13-1-4-6(16)8(18)9(19)11(21-4)23-12(3-15)10(20)7(17)5(2-14)22-12;1-3-2-4-3/h4-11,13-20H,1-3H2;3H,2H2,1H3/t4-,5-,6-,7-,8+,9-,10+,11-,12+;/m1./s1. The highest BCUT2D eigenvalue weighted by molar-refractivity contribution is 4.98. The Hall–Kier alpha value is -0.480. The average molecular weight is 400 g/mol. The molecule has 3 saturated heterocycles. The molecule has 10 atom stereocenters. The lowest BCUT2D eigenvalue weighted by molar-refractivity contribution is -0.383. The Labute approximate surface area is 155 Å². The third-order valence-corrected chi connectivity index (χ3v) is 4.57. The molecular formula is C15H28O12. The minimum atomic E-state index is -2.22. The molecule has 160 valence electrons. The molecule has 0 aliphatic carbocycles. The van der Waals surface area contributed by atoms with Gasteiger partial charge >= 0.3 is 0 Å². The molecule has 3 fully saturated rings. The van der Waals surface area contributed by atoms with Crippen molar-refractivity contribution in [1.29, 1.82) is 0 Å². The SMILES string of the molecule is CC1CO1.OC[C@H]1O[C@@](CO)(O[C@H]2O[C@H](CO)[C@@H](O)[C@H](O)[C@H]2O)[C@@H](O)[C@@H]1O. The van der Waals surface area contributed by atoms with Gasteiger partial charge in [0, 0.05) is 0 Å². The lowest BCUT2D eigenvalue weighted by Crippen LogP contribution is -2.62. The third kappa shape index (κ3) is 4.93. The summed E-state index contributed by atoms with van der Waals surface area (Å²) >= 11 is 0. The van der Waals surface area contributed by atoms with Crippen LogP contribution in [-0.4, -0.2) is 128 Å². The average Bonchev–Trinajstić information content (AvgIpc) is 3.42. The van der Waals surface area contributed by atoms with Crippen molar-refractivity contribution in [2.75, 3.05) is 26.4 Å². The first-order valence-electron chi connectivity index (χ1n) is 8.56. The first kappa shape index (κ1) is 22.8. The van der Waals surface area contributed by atoms with Crippen molar-refractivity contribution in [1.82, 2.24) is 0 Å². The molecule has 3 aliphatic heterocycles. The van der Waals surface area contributed by atoms with Crippen molar-refractivity contribution < 1.29 is 59.8 Å². The van der Waals surface area contributed by atoms with Crippen molar-refractivity contribution in [3.63, 3.8) is 0 Å². The Kier molecular flexibility index (Phi) is 7.89. The van der Waals surface area contributed by atoms with Gasteiger partial charge < -0.3 is 59.8 Å². The number of hydrogen-bond donors (Lipinski definition) is 8. The van der Waals surface area contributed by atoms with E-state index in [1.807, 2.05) is 0 Å². The highest BCUT2D eigenvalue weighted by Gasteiger charge is 2.58. The van der Waals surface area contributed by atoms with Crippen LogP contribution in [0.5, 0.6) is 0 Å². The van der Waals surface area contributed by atoms with E-state index in [4.69, 9.17) is 29.2 Å². The van der Waals surface area contributed by atoms with E-state index in [1.54, 1.807) is 0 Å². The highest BCUT2D eigenvalue weighted by atomic mass is 16.8. The second-order valence-corrected chi connectivity index (χ2v) is 6.70. The summed E-state index contributed by atoms with van der Waals surface area (Å²) in [5.41, 5.74) is 0. The minimum absolute atomic E-state index is 0.583. The Morgan fingerprint density at radius 1 is 0.889 bits per heavy atom. The van der Waals surface area contributed by atoms with Gasteiger partial charge in [0.15, 0.2) is 6.29 Å². The molecule has 0 bridgehead atoms. The molecule has 0 aromatic carbocycles. The molecular weight excluding hydrogens is 372 g/mol. The lowest BCUT2D eigenvalue weighted by atomic mass is 9.99. The highest BCUT2D eigenvalue weighted by Crippen LogP contribution is 2.35. The fraction of sp³-hybridized carbons (Fsp3) is 1.00. The van der Waals surface area contributed by atoms with Gasteiger partial charge in [-0.3, -0.25) is 0 Å². The summed E-state index contributed by atoms with van der Waals surface area (Å²) in [6.45, 7) is 0.719. The van der Waals surface area contributed by atoms with Crippen LogP contribution in [0.1, 0.15) is 6.92 Å². The smallest absolute Gasteiger partial charge is 0.224 e. The van der Waals surface area contributed by atoms with Crippen LogP contribution in [0.4, 0.5) is 0 Å². The van der Waals surface area contributed by atoms with E-state index in [9.17, 15) is 30.6 Å². The van der Waals surface area contributed by atoms with Gasteiger partial charge in [-0.05, 0) is 6.92 Å². The zero-order valence-electron chi connectivity index (χ0n) is 14.7. The summed E-state index contributed by atoms with van der Waals surface area (Å²) in [7, 11) is 0. The number of aliphatic hydroxyl groups is 8. The summed E-state index contributed by atoms with van der Waals surface area (Å²) in [6, 6.07) is 0. The van der Waals surface area contributed by atoms with Crippen molar-refractivity contribution in [2.24, 2.45) is 0 Å². The van der Waals surface area contributed by atoms with Gasteiger partial charge in [-0.25, -0.2) is 0 Å². The molecule has 12 nitrogen and oxygen atoms in total. The van der Waals surface area contributed by atoms with Gasteiger partial charge in [0.1, 0.15) is 49.3 Å². The first-order chi connectivity index (χ1) is 12.7. The molecule has 12 heteroatoms. The van der Waals surface area contributed by atoms with Crippen LogP contribution in [-0.2, 0) is 18.9 Å².